The number of nitrogens with zero attached hydrogens (tertiary/aromatic N) is 4. The lowest BCUT2D eigenvalue weighted by Gasteiger charge is -2.32. The molecule has 1 saturated carbocycles. The van der Waals surface area contributed by atoms with Crippen molar-refractivity contribution in [1.29, 1.82) is 0 Å². The Morgan fingerprint density at radius 2 is 1.74 bits per heavy atom. The highest BCUT2D eigenvalue weighted by Gasteiger charge is 2.30. The number of aromatic carboxylic acids is 1. The van der Waals surface area contributed by atoms with Crippen LogP contribution < -0.4 is 10.6 Å². The molecule has 2 heterocycles. The number of carboxylic acid groups (broad SMARTS) is 1. The zero-order valence-corrected chi connectivity index (χ0v) is 20.9. The quantitative estimate of drug-likeness (QED) is 0.273. The van der Waals surface area contributed by atoms with E-state index in [0.717, 1.165) is 31.4 Å². The van der Waals surface area contributed by atoms with Crippen LogP contribution in [-0.4, -0.2) is 42.5 Å². The van der Waals surface area contributed by atoms with E-state index in [0.29, 0.717) is 22.6 Å². The molecule has 1 amide bonds. The molecule has 1 atom stereocenters. The van der Waals surface area contributed by atoms with Gasteiger partial charge in [-0.15, -0.1) is 0 Å². The Morgan fingerprint density at radius 3 is 2.33 bits per heavy atom. The second-order valence-electron chi connectivity index (χ2n) is 9.53. The number of benzene rings is 2. The Hall–Kier alpha value is -4.48. The molecule has 0 unspecified atom stereocenters. The van der Waals surface area contributed by atoms with E-state index in [4.69, 9.17) is 0 Å². The molecule has 2 aromatic heterocycles. The van der Waals surface area contributed by atoms with Gasteiger partial charge in [-0.2, -0.15) is 18.2 Å². The maximum absolute atomic E-state index is 13.1. The summed E-state index contributed by atoms with van der Waals surface area (Å²) in [6, 6.07) is 13.0. The lowest BCUT2D eigenvalue weighted by Crippen LogP contribution is -2.31. The number of rotatable bonds is 8. The fraction of sp³-hybridized carbons (Fsp3) is 0.296. The third-order valence-corrected chi connectivity index (χ3v) is 6.90. The van der Waals surface area contributed by atoms with Gasteiger partial charge in [0.15, 0.2) is 11.5 Å². The standard InChI is InChI=1S/C27H25F3N6O3/c1-15(17-8-5-9-17)31-21-20-22(33-23(32-21)25(38)39)34-26(35-24(37)18-6-3-2-4-7-18)36(20)14-16-10-12-19(13-11-16)27(28,29)30/h2-4,6-7,10-13,15,17H,5,8-9,14H2,1H3,(H,38,39)(H2,31,32,33,34,35,37)/t15-/m1/s1. The van der Waals surface area contributed by atoms with Gasteiger partial charge in [0, 0.05) is 11.6 Å². The van der Waals surface area contributed by atoms with Crippen LogP contribution in [0.1, 0.15) is 58.3 Å². The predicted molar refractivity (Wildman–Crippen MR) is 138 cm³/mol. The van der Waals surface area contributed by atoms with Crippen LogP contribution in [0, 0.1) is 5.92 Å². The fourth-order valence-electron chi connectivity index (χ4n) is 4.50. The second kappa shape index (κ2) is 10.4. The second-order valence-corrected chi connectivity index (χ2v) is 9.53. The first-order valence-corrected chi connectivity index (χ1v) is 12.4. The van der Waals surface area contributed by atoms with Gasteiger partial charge >= 0.3 is 12.1 Å². The van der Waals surface area contributed by atoms with E-state index < -0.39 is 29.4 Å². The van der Waals surface area contributed by atoms with Crippen molar-refractivity contribution in [3.63, 3.8) is 0 Å². The van der Waals surface area contributed by atoms with Crippen LogP contribution in [0.25, 0.3) is 11.2 Å². The van der Waals surface area contributed by atoms with Gasteiger partial charge in [-0.1, -0.05) is 36.8 Å². The van der Waals surface area contributed by atoms with Gasteiger partial charge in [0.25, 0.3) is 5.91 Å². The minimum Gasteiger partial charge on any atom is -0.475 e. The third kappa shape index (κ3) is 5.54. The minimum absolute atomic E-state index is 0.0152. The van der Waals surface area contributed by atoms with Crippen LogP contribution in [0.15, 0.2) is 54.6 Å². The molecule has 0 spiro atoms. The summed E-state index contributed by atoms with van der Waals surface area (Å²) in [5, 5.41) is 15.7. The molecule has 1 aliphatic rings. The Bertz CT molecular complexity index is 1520. The van der Waals surface area contributed by atoms with Crippen molar-refractivity contribution in [1.82, 2.24) is 19.5 Å². The largest absolute Gasteiger partial charge is 0.475 e. The van der Waals surface area contributed by atoms with E-state index in [1.54, 1.807) is 34.9 Å². The van der Waals surface area contributed by atoms with Crippen molar-refractivity contribution in [3.8, 4) is 0 Å². The number of carboxylic acids is 1. The maximum Gasteiger partial charge on any atom is 0.416 e. The molecule has 3 N–H and O–H groups in total. The zero-order valence-electron chi connectivity index (χ0n) is 20.9. The number of hydrogen-bond donors (Lipinski definition) is 3. The van der Waals surface area contributed by atoms with Crippen molar-refractivity contribution < 1.29 is 27.9 Å². The van der Waals surface area contributed by atoms with Gasteiger partial charge in [0.2, 0.25) is 11.8 Å². The van der Waals surface area contributed by atoms with E-state index in [9.17, 15) is 27.9 Å². The van der Waals surface area contributed by atoms with Crippen LogP contribution >= 0.6 is 0 Å². The summed E-state index contributed by atoms with van der Waals surface area (Å²) in [6.45, 7) is 1.99. The molecule has 0 saturated heterocycles. The van der Waals surface area contributed by atoms with E-state index in [2.05, 4.69) is 25.6 Å². The van der Waals surface area contributed by atoms with E-state index in [1.807, 2.05) is 6.92 Å². The normalized spacial score (nSPS) is 14.6. The molecule has 39 heavy (non-hydrogen) atoms. The summed E-state index contributed by atoms with van der Waals surface area (Å²) < 4.78 is 40.9. The zero-order chi connectivity index (χ0) is 27.7. The fourth-order valence-corrected chi connectivity index (χ4v) is 4.50. The number of carbonyl (C=O) groups is 2. The number of aromatic nitrogens is 4. The summed E-state index contributed by atoms with van der Waals surface area (Å²) in [6.07, 6.45) is -1.32. The van der Waals surface area contributed by atoms with Gasteiger partial charge in [-0.05, 0) is 55.5 Å². The van der Waals surface area contributed by atoms with Crippen LogP contribution in [0.3, 0.4) is 0 Å². The third-order valence-electron chi connectivity index (χ3n) is 6.90. The Balaban J connectivity index is 1.61. The molecule has 4 aromatic rings. The molecular weight excluding hydrogens is 513 g/mol. The SMILES string of the molecule is C[C@@H](Nc1nc(C(=O)O)nc2nc(NC(=O)c3ccccc3)n(Cc3ccc(C(F)(F)F)cc3)c12)C1CCC1. The van der Waals surface area contributed by atoms with Gasteiger partial charge < -0.3 is 15.0 Å². The average Bonchev–Trinajstić information content (AvgIpc) is 3.20. The first-order valence-electron chi connectivity index (χ1n) is 12.4. The van der Waals surface area contributed by atoms with Crippen molar-refractivity contribution in [2.24, 2.45) is 5.92 Å². The van der Waals surface area contributed by atoms with E-state index >= 15 is 0 Å². The maximum atomic E-state index is 13.1. The molecule has 12 heteroatoms. The van der Waals surface area contributed by atoms with Crippen LogP contribution in [0.2, 0.25) is 0 Å². The number of carbonyl (C=O) groups excluding carboxylic acids is 1. The first kappa shape index (κ1) is 26.1. The highest BCUT2D eigenvalue weighted by molar-refractivity contribution is 6.04. The number of imidazole rings is 1. The molecule has 9 nitrogen and oxygen atoms in total. The van der Waals surface area contributed by atoms with Gasteiger partial charge in [0.05, 0.1) is 12.1 Å². The van der Waals surface area contributed by atoms with E-state index in [-0.39, 0.29) is 30.0 Å². The highest BCUT2D eigenvalue weighted by Crippen LogP contribution is 2.34. The van der Waals surface area contributed by atoms with Crippen molar-refractivity contribution in [3.05, 3.63) is 77.1 Å². The molecule has 202 valence electrons. The molecule has 1 fully saturated rings. The molecular formula is C27H25F3N6O3. The molecule has 5 rings (SSSR count). The Labute approximate surface area is 221 Å². The number of halogens is 3. The molecule has 1 aliphatic carbocycles. The van der Waals surface area contributed by atoms with Gasteiger partial charge in [-0.25, -0.2) is 14.8 Å². The van der Waals surface area contributed by atoms with Crippen LogP contribution in [-0.2, 0) is 12.7 Å². The summed E-state index contributed by atoms with van der Waals surface area (Å²) in [5.41, 5.74) is 0.429. The number of amides is 1. The van der Waals surface area contributed by atoms with E-state index in [1.165, 1.54) is 12.1 Å². The lowest BCUT2D eigenvalue weighted by molar-refractivity contribution is -0.137. The average molecular weight is 539 g/mol. The smallest absolute Gasteiger partial charge is 0.416 e. The summed E-state index contributed by atoms with van der Waals surface area (Å²) in [4.78, 5) is 37.5. The van der Waals surface area contributed by atoms with Gasteiger partial charge in [0.1, 0.15) is 5.52 Å². The lowest BCUT2D eigenvalue weighted by atomic mass is 9.80. The first-order chi connectivity index (χ1) is 18.6. The number of alkyl halides is 3. The highest BCUT2D eigenvalue weighted by atomic mass is 19.4. The topological polar surface area (TPSA) is 122 Å². The monoisotopic (exact) mass is 538 g/mol. The van der Waals surface area contributed by atoms with Crippen molar-refractivity contribution in [2.75, 3.05) is 10.6 Å². The van der Waals surface area contributed by atoms with Gasteiger partial charge in [-0.3, -0.25) is 10.1 Å². The summed E-state index contributed by atoms with van der Waals surface area (Å²) in [7, 11) is 0. The van der Waals surface area contributed by atoms with Crippen LogP contribution in [0.5, 0.6) is 0 Å². The molecule has 2 aromatic carbocycles. The molecule has 0 radical (unpaired) electrons. The summed E-state index contributed by atoms with van der Waals surface area (Å²) >= 11 is 0. The summed E-state index contributed by atoms with van der Waals surface area (Å²) in [5.74, 6) is -1.63. The minimum atomic E-state index is -4.48. The predicted octanol–water partition coefficient (Wildman–Crippen LogP) is 5.44. The van der Waals surface area contributed by atoms with Crippen molar-refractivity contribution >= 4 is 34.8 Å². The van der Waals surface area contributed by atoms with Crippen LogP contribution in [0.4, 0.5) is 24.9 Å². The van der Waals surface area contributed by atoms with Crippen molar-refractivity contribution in [2.45, 2.75) is 44.9 Å². The Morgan fingerprint density at radius 1 is 1.05 bits per heavy atom. The number of nitrogens with one attached hydrogen (secondary N) is 2. The molecule has 0 aliphatic heterocycles. The Kier molecular flexibility index (Phi) is 6.94. The number of anilines is 2. The number of fused-ring (bicyclic) bond motifs is 1. The number of hydrogen-bond acceptors (Lipinski definition) is 6. The molecule has 0 bridgehead atoms.